The van der Waals surface area contributed by atoms with Crippen LogP contribution in [0.1, 0.15) is 28.8 Å². The number of rotatable bonds is 6. The monoisotopic (exact) mass is 357 g/mol. The van der Waals surface area contributed by atoms with E-state index in [1.54, 1.807) is 5.32 Å². The van der Waals surface area contributed by atoms with E-state index in [2.05, 4.69) is 0 Å². The zero-order valence-corrected chi connectivity index (χ0v) is 12.0. The number of hydrogen-bond acceptors (Lipinski definition) is 2. The number of carbonyl (C=O) groups is 2. The standard InChI is InChI=1S/C14H13F6NO3/c15-13(16,17)6-5-8-3-1-2-4-9(8)11(22)21-10(12(23)24)7-14(18,19)20/h1-4,10H,5-7H2,(H,21,22)(H,23,24). The molecule has 1 unspecified atom stereocenters. The number of aliphatic carboxylic acids is 1. The molecule has 24 heavy (non-hydrogen) atoms. The first kappa shape index (κ1) is 19.8. The zero-order chi connectivity index (χ0) is 18.5. The minimum Gasteiger partial charge on any atom is -0.480 e. The Bertz CT molecular complexity index is 597. The fraction of sp³-hybridized carbons (Fsp3) is 0.429. The number of alkyl halides is 6. The number of carboxylic acid groups (broad SMARTS) is 1. The number of amides is 1. The molecule has 0 saturated carbocycles. The normalized spacial score (nSPS) is 13.4. The Morgan fingerprint density at radius 2 is 1.62 bits per heavy atom. The van der Waals surface area contributed by atoms with Crippen LogP contribution in [0.25, 0.3) is 0 Å². The average molecular weight is 357 g/mol. The summed E-state index contributed by atoms with van der Waals surface area (Å²) in [6.07, 6.45) is -12.9. The van der Waals surface area contributed by atoms with Gasteiger partial charge in [0, 0.05) is 12.0 Å². The van der Waals surface area contributed by atoms with Crippen molar-refractivity contribution < 1.29 is 41.0 Å². The maximum atomic E-state index is 12.3. The van der Waals surface area contributed by atoms with Crippen molar-refractivity contribution >= 4 is 11.9 Å². The number of benzene rings is 1. The zero-order valence-electron chi connectivity index (χ0n) is 12.0. The molecule has 0 saturated heterocycles. The second-order valence-electron chi connectivity index (χ2n) is 4.96. The van der Waals surface area contributed by atoms with Crippen molar-refractivity contribution in [1.82, 2.24) is 5.32 Å². The van der Waals surface area contributed by atoms with Crippen LogP contribution in [-0.2, 0) is 11.2 Å². The molecule has 0 spiro atoms. The summed E-state index contributed by atoms with van der Waals surface area (Å²) in [6, 6.07) is 2.79. The maximum Gasteiger partial charge on any atom is 0.391 e. The lowest BCUT2D eigenvalue weighted by Gasteiger charge is -2.17. The van der Waals surface area contributed by atoms with E-state index in [0.29, 0.717) is 0 Å². The number of carbonyl (C=O) groups excluding carboxylic acids is 1. The van der Waals surface area contributed by atoms with Gasteiger partial charge in [0.2, 0.25) is 0 Å². The van der Waals surface area contributed by atoms with E-state index >= 15 is 0 Å². The molecule has 0 aromatic heterocycles. The summed E-state index contributed by atoms with van der Waals surface area (Å²) >= 11 is 0. The Kier molecular flexibility index (Phi) is 6.22. The summed E-state index contributed by atoms with van der Waals surface area (Å²) in [5, 5.41) is 10.4. The van der Waals surface area contributed by atoms with Gasteiger partial charge in [-0.25, -0.2) is 4.79 Å². The Balaban J connectivity index is 2.92. The minimum absolute atomic E-state index is 0.0385. The van der Waals surface area contributed by atoms with E-state index in [9.17, 15) is 35.9 Å². The smallest absolute Gasteiger partial charge is 0.391 e. The van der Waals surface area contributed by atoms with Crippen LogP contribution >= 0.6 is 0 Å². The fourth-order valence-corrected chi connectivity index (χ4v) is 1.90. The van der Waals surface area contributed by atoms with E-state index < -0.39 is 49.5 Å². The molecule has 1 aromatic carbocycles. The van der Waals surface area contributed by atoms with E-state index in [4.69, 9.17) is 5.11 Å². The molecular formula is C14H13F6NO3. The van der Waals surface area contributed by atoms with Gasteiger partial charge in [0.1, 0.15) is 6.04 Å². The van der Waals surface area contributed by atoms with Gasteiger partial charge in [-0.05, 0) is 18.1 Å². The molecule has 0 aliphatic rings. The van der Waals surface area contributed by atoms with Crippen LogP contribution in [0, 0.1) is 0 Å². The van der Waals surface area contributed by atoms with Crippen LogP contribution < -0.4 is 5.32 Å². The summed E-state index contributed by atoms with van der Waals surface area (Å²) in [7, 11) is 0. The van der Waals surface area contributed by atoms with Gasteiger partial charge in [-0.2, -0.15) is 26.3 Å². The Morgan fingerprint density at radius 3 is 2.12 bits per heavy atom. The molecule has 0 radical (unpaired) electrons. The number of hydrogen-bond donors (Lipinski definition) is 2. The SMILES string of the molecule is O=C(NC(CC(F)(F)F)C(=O)O)c1ccccc1CCC(F)(F)F. The predicted molar refractivity (Wildman–Crippen MR) is 70.4 cm³/mol. The van der Waals surface area contributed by atoms with E-state index in [-0.39, 0.29) is 11.1 Å². The molecule has 1 atom stereocenters. The lowest BCUT2D eigenvalue weighted by molar-refractivity contribution is -0.157. The predicted octanol–water partition coefficient (Wildman–Crippen LogP) is 3.32. The average Bonchev–Trinajstić information content (AvgIpc) is 2.42. The molecule has 0 aliphatic heterocycles. The summed E-state index contributed by atoms with van der Waals surface area (Å²) in [6.45, 7) is 0. The summed E-state index contributed by atoms with van der Waals surface area (Å²) in [5.74, 6) is -3.07. The van der Waals surface area contributed by atoms with E-state index in [1.807, 2.05) is 0 Å². The van der Waals surface area contributed by atoms with Gasteiger partial charge in [0.15, 0.2) is 0 Å². The summed E-state index contributed by atoms with van der Waals surface area (Å²) < 4.78 is 73.7. The topological polar surface area (TPSA) is 66.4 Å². The molecule has 2 N–H and O–H groups in total. The van der Waals surface area contributed by atoms with Gasteiger partial charge < -0.3 is 10.4 Å². The van der Waals surface area contributed by atoms with Crippen LogP contribution in [-0.4, -0.2) is 35.4 Å². The van der Waals surface area contributed by atoms with Crippen molar-refractivity contribution in [2.24, 2.45) is 0 Å². The quantitative estimate of drug-likeness (QED) is 0.768. The molecule has 0 heterocycles. The van der Waals surface area contributed by atoms with Crippen molar-refractivity contribution in [3.63, 3.8) is 0 Å². The molecule has 10 heteroatoms. The molecule has 1 aromatic rings. The summed E-state index contributed by atoms with van der Waals surface area (Å²) in [4.78, 5) is 22.8. The first-order chi connectivity index (χ1) is 10.9. The lowest BCUT2D eigenvalue weighted by atomic mass is 10.0. The highest BCUT2D eigenvalue weighted by Crippen LogP contribution is 2.24. The van der Waals surface area contributed by atoms with E-state index in [0.717, 1.165) is 6.07 Å². The van der Waals surface area contributed by atoms with Gasteiger partial charge in [-0.1, -0.05) is 18.2 Å². The van der Waals surface area contributed by atoms with Crippen molar-refractivity contribution in [3.8, 4) is 0 Å². The molecule has 1 amide bonds. The van der Waals surface area contributed by atoms with Crippen molar-refractivity contribution in [1.29, 1.82) is 0 Å². The van der Waals surface area contributed by atoms with Crippen LogP contribution in [0.15, 0.2) is 24.3 Å². The third-order valence-corrected chi connectivity index (χ3v) is 2.98. The van der Waals surface area contributed by atoms with Crippen LogP contribution in [0.2, 0.25) is 0 Å². The number of aryl methyl sites for hydroxylation is 1. The van der Waals surface area contributed by atoms with Crippen molar-refractivity contribution in [2.45, 2.75) is 37.7 Å². The van der Waals surface area contributed by atoms with Crippen LogP contribution in [0.4, 0.5) is 26.3 Å². The lowest BCUT2D eigenvalue weighted by Crippen LogP contribution is -2.43. The van der Waals surface area contributed by atoms with Crippen LogP contribution in [0.5, 0.6) is 0 Å². The second kappa shape index (κ2) is 7.54. The highest BCUT2D eigenvalue weighted by molar-refractivity contribution is 5.97. The maximum absolute atomic E-state index is 12.3. The molecule has 0 bridgehead atoms. The Hall–Kier alpha value is -2.26. The van der Waals surface area contributed by atoms with Gasteiger partial charge in [-0.3, -0.25) is 4.79 Å². The van der Waals surface area contributed by atoms with Crippen molar-refractivity contribution in [2.75, 3.05) is 0 Å². The molecule has 0 fully saturated rings. The highest BCUT2D eigenvalue weighted by Gasteiger charge is 2.36. The molecule has 134 valence electrons. The van der Waals surface area contributed by atoms with Gasteiger partial charge in [0.25, 0.3) is 5.91 Å². The second-order valence-corrected chi connectivity index (χ2v) is 4.96. The number of nitrogens with one attached hydrogen (secondary N) is 1. The molecule has 0 aliphatic carbocycles. The van der Waals surface area contributed by atoms with Gasteiger partial charge in [0.05, 0.1) is 6.42 Å². The Morgan fingerprint density at radius 1 is 1.04 bits per heavy atom. The van der Waals surface area contributed by atoms with Gasteiger partial charge >= 0.3 is 18.3 Å². The van der Waals surface area contributed by atoms with Crippen molar-refractivity contribution in [3.05, 3.63) is 35.4 Å². The third-order valence-electron chi connectivity index (χ3n) is 2.98. The largest absolute Gasteiger partial charge is 0.480 e. The molecular weight excluding hydrogens is 344 g/mol. The molecule has 4 nitrogen and oxygen atoms in total. The first-order valence-electron chi connectivity index (χ1n) is 6.64. The summed E-state index contributed by atoms with van der Waals surface area (Å²) in [5.41, 5.74) is -0.335. The Labute approximate surface area is 132 Å². The van der Waals surface area contributed by atoms with Gasteiger partial charge in [-0.15, -0.1) is 0 Å². The molecule has 1 rings (SSSR count). The fourth-order valence-electron chi connectivity index (χ4n) is 1.90. The first-order valence-corrected chi connectivity index (χ1v) is 6.64. The third kappa shape index (κ3) is 6.88. The van der Waals surface area contributed by atoms with Crippen LogP contribution in [0.3, 0.4) is 0 Å². The van der Waals surface area contributed by atoms with E-state index in [1.165, 1.54) is 18.2 Å². The number of carboxylic acids is 1. The number of halogens is 6. The minimum atomic E-state index is -4.83. The highest BCUT2D eigenvalue weighted by atomic mass is 19.4.